The van der Waals surface area contributed by atoms with Gasteiger partial charge in [-0.1, -0.05) is 69.6 Å². The minimum atomic E-state index is 0.859. The van der Waals surface area contributed by atoms with E-state index in [9.17, 15) is 0 Å². The van der Waals surface area contributed by atoms with Crippen LogP contribution in [-0.4, -0.2) is 10.5 Å². The molecule has 22 heavy (non-hydrogen) atoms. The quantitative estimate of drug-likeness (QED) is 0.481. The summed E-state index contributed by atoms with van der Waals surface area (Å²) < 4.78 is 0. The highest BCUT2D eigenvalue weighted by Crippen LogP contribution is 2.49. The standard InChI is InChI=1S/C20H38S2/c1-13(2)17-9-8-16(6)19(12-17)21-22-20-11-15(5)7-10-18(20)14(3)4/h13-20H,7-12H2,1-6H3/t15-,16-,17-,18+,19-,20+/m1/s1. The Morgan fingerprint density at radius 1 is 0.727 bits per heavy atom. The molecule has 0 aliphatic heterocycles. The van der Waals surface area contributed by atoms with Gasteiger partial charge in [0.05, 0.1) is 0 Å². The Balaban J connectivity index is 1.88. The summed E-state index contributed by atoms with van der Waals surface area (Å²) in [6, 6.07) is 0. The van der Waals surface area contributed by atoms with Crippen LogP contribution < -0.4 is 0 Å². The third kappa shape index (κ3) is 5.10. The van der Waals surface area contributed by atoms with Gasteiger partial charge < -0.3 is 0 Å². The van der Waals surface area contributed by atoms with Gasteiger partial charge in [0, 0.05) is 10.5 Å². The summed E-state index contributed by atoms with van der Waals surface area (Å²) in [5, 5.41) is 1.80. The SMILES string of the molecule is CC(C)[C@@H]1CC[C@@H](C)[C@H](SS[C@H]2C[C@H](C)CC[C@H]2C(C)C)C1. The zero-order chi connectivity index (χ0) is 16.3. The molecule has 0 aromatic heterocycles. The molecular weight excluding hydrogens is 304 g/mol. The van der Waals surface area contributed by atoms with E-state index in [0.717, 1.165) is 46.0 Å². The second-order valence-corrected chi connectivity index (χ2v) is 11.6. The van der Waals surface area contributed by atoms with Crippen molar-refractivity contribution in [3.8, 4) is 0 Å². The lowest BCUT2D eigenvalue weighted by molar-refractivity contribution is 0.241. The molecule has 0 saturated heterocycles. The van der Waals surface area contributed by atoms with Gasteiger partial charge in [-0.05, 0) is 67.6 Å². The predicted molar refractivity (Wildman–Crippen MR) is 105 cm³/mol. The van der Waals surface area contributed by atoms with E-state index in [0.29, 0.717) is 0 Å². The summed E-state index contributed by atoms with van der Waals surface area (Å²) in [7, 11) is 4.55. The van der Waals surface area contributed by atoms with Gasteiger partial charge in [0.1, 0.15) is 0 Å². The lowest BCUT2D eigenvalue weighted by atomic mass is 9.77. The van der Waals surface area contributed by atoms with Crippen LogP contribution >= 0.6 is 21.6 Å². The molecule has 2 fully saturated rings. The van der Waals surface area contributed by atoms with E-state index in [2.05, 4.69) is 63.1 Å². The van der Waals surface area contributed by atoms with E-state index in [4.69, 9.17) is 0 Å². The first-order valence-electron chi connectivity index (χ1n) is 9.70. The summed E-state index contributed by atoms with van der Waals surface area (Å²) in [6.07, 6.45) is 8.76. The molecule has 0 N–H and O–H groups in total. The predicted octanol–water partition coefficient (Wildman–Crippen LogP) is 7.29. The van der Waals surface area contributed by atoms with E-state index in [1.54, 1.807) is 0 Å². The smallest absolute Gasteiger partial charge is 0.0184 e. The normalized spacial score (nSPS) is 40.4. The maximum atomic E-state index is 2.50. The fourth-order valence-corrected chi connectivity index (χ4v) is 8.68. The van der Waals surface area contributed by atoms with Gasteiger partial charge in [-0.2, -0.15) is 0 Å². The molecule has 2 aliphatic carbocycles. The third-order valence-corrected chi connectivity index (χ3v) is 9.99. The van der Waals surface area contributed by atoms with Gasteiger partial charge in [0.2, 0.25) is 0 Å². The van der Waals surface area contributed by atoms with Crippen LogP contribution in [0.3, 0.4) is 0 Å². The van der Waals surface area contributed by atoms with Gasteiger partial charge in [0.15, 0.2) is 0 Å². The van der Waals surface area contributed by atoms with Crippen LogP contribution in [0.2, 0.25) is 0 Å². The number of rotatable bonds is 5. The fourth-order valence-electron chi connectivity index (χ4n) is 4.42. The Bertz CT molecular complexity index is 326. The van der Waals surface area contributed by atoms with E-state index in [-0.39, 0.29) is 0 Å². The summed E-state index contributed by atoms with van der Waals surface area (Å²) in [6.45, 7) is 14.7. The van der Waals surface area contributed by atoms with Crippen LogP contribution in [-0.2, 0) is 0 Å². The zero-order valence-corrected chi connectivity index (χ0v) is 17.3. The highest BCUT2D eigenvalue weighted by Gasteiger charge is 2.34. The first-order chi connectivity index (χ1) is 10.4. The van der Waals surface area contributed by atoms with Crippen molar-refractivity contribution < 1.29 is 0 Å². The average molecular weight is 343 g/mol. The van der Waals surface area contributed by atoms with Gasteiger partial charge >= 0.3 is 0 Å². The van der Waals surface area contributed by atoms with Gasteiger partial charge in [-0.25, -0.2) is 0 Å². The maximum Gasteiger partial charge on any atom is 0.0184 e. The number of hydrogen-bond acceptors (Lipinski definition) is 2. The van der Waals surface area contributed by atoms with Crippen molar-refractivity contribution in [2.45, 2.75) is 90.6 Å². The van der Waals surface area contributed by atoms with E-state index >= 15 is 0 Å². The van der Waals surface area contributed by atoms with Crippen molar-refractivity contribution in [3.05, 3.63) is 0 Å². The topological polar surface area (TPSA) is 0 Å². The Morgan fingerprint density at radius 3 is 2.05 bits per heavy atom. The zero-order valence-electron chi connectivity index (χ0n) is 15.7. The van der Waals surface area contributed by atoms with Crippen molar-refractivity contribution in [1.29, 1.82) is 0 Å². The van der Waals surface area contributed by atoms with E-state index in [1.165, 1.54) is 38.5 Å². The highest BCUT2D eigenvalue weighted by molar-refractivity contribution is 8.77. The molecule has 6 atom stereocenters. The number of hydrogen-bond donors (Lipinski definition) is 0. The minimum absolute atomic E-state index is 0.859. The minimum Gasteiger partial charge on any atom is -0.0901 e. The van der Waals surface area contributed by atoms with Crippen LogP contribution in [0.5, 0.6) is 0 Å². The van der Waals surface area contributed by atoms with Crippen LogP contribution in [0.4, 0.5) is 0 Å². The Morgan fingerprint density at radius 2 is 1.41 bits per heavy atom. The molecule has 0 amide bonds. The average Bonchev–Trinajstić information content (AvgIpc) is 2.45. The van der Waals surface area contributed by atoms with E-state index < -0.39 is 0 Å². The molecule has 0 unspecified atom stereocenters. The third-order valence-electron chi connectivity index (χ3n) is 6.37. The summed E-state index contributed by atoms with van der Waals surface area (Å²) in [4.78, 5) is 0. The molecule has 2 heteroatoms. The Labute approximate surface area is 147 Å². The summed E-state index contributed by atoms with van der Waals surface area (Å²) in [5.74, 6) is 5.52. The molecule has 0 aromatic carbocycles. The molecule has 0 heterocycles. The molecule has 2 rings (SSSR count). The van der Waals surface area contributed by atoms with Crippen molar-refractivity contribution in [2.24, 2.45) is 35.5 Å². The van der Waals surface area contributed by atoms with Crippen molar-refractivity contribution in [3.63, 3.8) is 0 Å². The monoisotopic (exact) mass is 342 g/mol. The van der Waals surface area contributed by atoms with Gasteiger partial charge in [-0.15, -0.1) is 0 Å². The fraction of sp³-hybridized carbons (Fsp3) is 1.00. The second kappa shape index (κ2) is 8.70. The molecule has 130 valence electrons. The lowest BCUT2D eigenvalue weighted by Gasteiger charge is -2.39. The molecule has 0 nitrogen and oxygen atoms in total. The van der Waals surface area contributed by atoms with Crippen molar-refractivity contribution >= 4 is 21.6 Å². The molecule has 0 spiro atoms. The van der Waals surface area contributed by atoms with Gasteiger partial charge in [0.25, 0.3) is 0 Å². The van der Waals surface area contributed by atoms with Crippen LogP contribution in [0, 0.1) is 35.5 Å². The molecule has 2 saturated carbocycles. The molecular formula is C20H38S2. The van der Waals surface area contributed by atoms with Crippen LogP contribution in [0.25, 0.3) is 0 Å². The molecule has 0 aromatic rings. The first kappa shape index (κ1) is 19.0. The largest absolute Gasteiger partial charge is 0.0901 e. The Kier molecular flexibility index (Phi) is 7.52. The van der Waals surface area contributed by atoms with Crippen LogP contribution in [0.1, 0.15) is 80.1 Å². The summed E-state index contributed by atoms with van der Waals surface area (Å²) in [5.41, 5.74) is 0. The molecule has 0 radical (unpaired) electrons. The highest BCUT2D eigenvalue weighted by atomic mass is 33.1. The Hall–Kier alpha value is 0.700. The summed E-state index contributed by atoms with van der Waals surface area (Å²) >= 11 is 0. The molecule has 2 aliphatic rings. The van der Waals surface area contributed by atoms with Crippen LogP contribution in [0.15, 0.2) is 0 Å². The van der Waals surface area contributed by atoms with Crippen molar-refractivity contribution in [2.75, 3.05) is 0 Å². The maximum absolute atomic E-state index is 2.50. The van der Waals surface area contributed by atoms with E-state index in [1.807, 2.05) is 0 Å². The van der Waals surface area contributed by atoms with Gasteiger partial charge in [-0.3, -0.25) is 0 Å². The first-order valence-corrected chi connectivity index (χ1v) is 12.0. The lowest BCUT2D eigenvalue weighted by Crippen LogP contribution is -2.31. The molecule has 0 bridgehead atoms. The second-order valence-electron chi connectivity index (χ2n) is 8.89. The van der Waals surface area contributed by atoms with Crippen molar-refractivity contribution in [1.82, 2.24) is 0 Å².